The van der Waals surface area contributed by atoms with Gasteiger partial charge in [-0.3, -0.25) is 25.0 Å². The lowest BCUT2D eigenvalue weighted by Crippen LogP contribution is -2.34. The lowest BCUT2D eigenvalue weighted by Gasteiger charge is -2.26. The Balaban J connectivity index is 1.40. The molecule has 12 nitrogen and oxygen atoms in total. The SMILES string of the molecule is O=C1NC(=O)C(=Cc2ccc(N=C(c3ccc(CN4CCCCC4=O)cc3)c3c(O)[nH]c4ccc([N+](=O)[O-])cc34)cc2)N1. The number of aromatic hydroxyl groups is 1. The molecule has 2 aliphatic rings. The van der Waals surface area contributed by atoms with Crippen LogP contribution in [0, 0.1) is 10.1 Å². The van der Waals surface area contributed by atoms with E-state index >= 15 is 0 Å². The molecule has 0 unspecified atom stereocenters. The van der Waals surface area contributed by atoms with E-state index in [1.165, 1.54) is 24.3 Å². The van der Waals surface area contributed by atoms with Gasteiger partial charge < -0.3 is 20.3 Å². The van der Waals surface area contributed by atoms with Crippen molar-refractivity contribution in [1.82, 2.24) is 20.5 Å². The molecule has 3 aromatic carbocycles. The number of likely N-dealkylation sites (tertiary alicyclic amines) is 1. The largest absolute Gasteiger partial charge is 0.494 e. The summed E-state index contributed by atoms with van der Waals surface area (Å²) in [5, 5.41) is 27.5. The van der Waals surface area contributed by atoms with Crippen LogP contribution < -0.4 is 10.6 Å². The Bertz CT molecular complexity index is 1840. The number of nitro benzene ring substituents is 1. The smallest absolute Gasteiger partial charge is 0.326 e. The molecule has 0 radical (unpaired) electrons. The number of urea groups is 1. The second-order valence-electron chi connectivity index (χ2n) is 10.3. The van der Waals surface area contributed by atoms with E-state index in [9.17, 15) is 29.6 Å². The molecule has 0 atom stereocenters. The number of hydrogen-bond acceptors (Lipinski definition) is 7. The standard InChI is InChI=1S/C31H26N6O6/c38-26-3-1-2-14-36(26)17-19-4-8-20(9-5-19)28(27-23-16-22(37(42)43)12-13-24(23)33-30(27)40)32-21-10-6-18(7-11-21)15-25-29(39)35-31(41)34-25/h4-13,15-16,33,40H,1-3,14,17H2,(H2,34,35,39,41). The number of piperidine rings is 1. The predicted molar refractivity (Wildman–Crippen MR) is 159 cm³/mol. The molecular weight excluding hydrogens is 552 g/mol. The van der Waals surface area contributed by atoms with Gasteiger partial charge in [-0.05, 0) is 48.2 Å². The molecule has 6 rings (SSSR count). The fraction of sp³-hybridized carbons (Fsp3) is 0.161. The van der Waals surface area contributed by atoms with Crippen LogP contribution in [0.2, 0.25) is 0 Å². The van der Waals surface area contributed by atoms with Gasteiger partial charge in [-0.1, -0.05) is 36.4 Å². The minimum Gasteiger partial charge on any atom is -0.494 e. The average Bonchev–Trinajstić information content (AvgIpc) is 3.49. The molecule has 216 valence electrons. The van der Waals surface area contributed by atoms with Crippen LogP contribution in [0.25, 0.3) is 17.0 Å². The van der Waals surface area contributed by atoms with Crippen LogP contribution >= 0.6 is 0 Å². The predicted octanol–water partition coefficient (Wildman–Crippen LogP) is 4.64. The molecule has 1 aromatic heterocycles. The minimum atomic E-state index is -0.588. The molecule has 43 heavy (non-hydrogen) atoms. The molecule has 2 aliphatic heterocycles. The summed E-state index contributed by atoms with van der Waals surface area (Å²) in [6.07, 6.45) is 3.97. The number of aromatic amines is 1. The molecule has 0 spiro atoms. The molecular formula is C31H26N6O6. The summed E-state index contributed by atoms with van der Waals surface area (Å²) < 4.78 is 0. The van der Waals surface area contributed by atoms with Crippen LogP contribution in [0.4, 0.5) is 16.2 Å². The number of rotatable bonds is 7. The van der Waals surface area contributed by atoms with Crippen molar-refractivity contribution in [2.24, 2.45) is 4.99 Å². The van der Waals surface area contributed by atoms with Crippen molar-refractivity contribution in [2.75, 3.05) is 6.54 Å². The Hall–Kier alpha value is -5.78. The summed E-state index contributed by atoms with van der Waals surface area (Å²) in [6.45, 7) is 1.21. The number of aromatic nitrogens is 1. The fourth-order valence-electron chi connectivity index (χ4n) is 5.22. The average molecular weight is 579 g/mol. The highest BCUT2D eigenvalue weighted by Crippen LogP contribution is 2.34. The van der Waals surface area contributed by atoms with Crippen molar-refractivity contribution in [1.29, 1.82) is 0 Å². The van der Waals surface area contributed by atoms with Gasteiger partial charge >= 0.3 is 6.03 Å². The number of H-pyrrole nitrogens is 1. The van der Waals surface area contributed by atoms with Gasteiger partial charge in [0.05, 0.1) is 21.9 Å². The molecule has 4 aromatic rings. The van der Waals surface area contributed by atoms with Crippen LogP contribution in [0.3, 0.4) is 0 Å². The molecule has 3 heterocycles. The van der Waals surface area contributed by atoms with Gasteiger partial charge in [0.25, 0.3) is 11.6 Å². The molecule has 2 fully saturated rings. The lowest BCUT2D eigenvalue weighted by molar-refractivity contribution is -0.384. The molecule has 4 N–H and O–H groups in total. The van der Waals surface area contributed by atoms with Crippen LogP contribution in [0.1, 0.15) is 41.5 Å². The second kappa shape index (κ2) is 11.2. The molecule has 12 heteroatoms. The number of amides is 4. The summed E-state index contributed by atoms with van der Waals surface area (Å²) in [4.78, 5) is 56.2. The van der Waals surface area contributed by atoms with Crippen LogP contribution in [-0.2, 0) is 16.1 Å². The first-order valence-corrected chi connectivity index (χ1v) is 13.6. The van der Waals surface area contributed by atoms with Gasteiger partial charge in [-0.2, -0.15) is 0 Å². The van der Waals surface area contributed by atoms with Crippen LogP contribution in [-0.4, -0.2) is 50.0 Å². The monoisotopic (exact) mass is 578 g/mol. The second-order valence-corrected chi connectivity index (χ2v) is 10.3. The number of hydrogen-bond donors (Lipinski definition) is 4. The van der Waals surface area contributed by atoms with Gasteiger partial charge in [0, 0.05) is 48.1 Å². The Morgan fingerprint density at radius 3 is 2.44 bits per heavy atom. The van der Waals surface area contributed by atoms with E-state index in [1.807, 2.05) is 29.2 Å². The van der Waals surface area contributed by atoms with Gasteiger partial charge in [0.2, 0.25) is 5.91 Å². The highest BCUT2D eigenvalue weighted by atomic mass is 16.6. The number of imide groups is 1. The summed E-state index contributed by atoms with van der Waals surface area (Å²) in [6, 6.07) is 18.1. The Morgan fingerprint density at radius 2 is 1.77 bits per heavy atom. The zero-order valence-electron chi connectivity index (χ0n) is 22.8. The number of non-ortho nitro benzene ring substituents is 1. The maximum Gasteiger partial charge on any atom is 0.326 e. The van der Waals surface area contributed by atoms with E-state index in [-0.39, 0.29) is 23.2 Å². The normalized spacial score (nSPS) is 16.6. The van der Waals surface area contributed by atoms with Crippen molar-refractivity contribution < 1.29 is 24.4 Å². The van der Waals surface area contributed by atoms with E-state index in [1.54, 1.807) is 24.3 Å². The Morgan fingerprint density at radius 1 is 1.00 bits per heavy atom. The molecule has 0 aliphatic carbocycles. The zero-order valence-corrected chi connectivity index (χ0v) is 22.8. The van der Waals surface area contributed by atoms with Gasteiger partial charge in [0.15, 0.2) is 5.88 Å². The number of carbonyl (C=O) groups is 3. The van der Waals surface area contributed by atoms with Crippen molar-refractivity contribution in [3.8, 4) is 5.88 Å². The zero-order chi connectivity index (χ0) is 30.1. The maximum atomic E-state index is 12.3. The van der Waals surface area contributed by atoms with Crippen molar-refractivity contribution in [3.05, 3.63) is 105 Å². The van der Waals surface area contributed by atoms with E-state index in [0.29, 0.717) is 52.0 Å². The number of nitro groups is 1. The summed E-state index contributed by atoms with van der Waals surface area (Å²) in [5.41, 5.74) is 3.92. The first-order valence-electron chi connectivity index (χ1n) is 13.6. The third-order valence-corrected chi connectivity index (χ3v) is 7.40. The number of nitrogens with zero attached hydrogens (tertiary/aromatic N) is 3. The topological polar surface area (TPSA) is 170 Å². The number of fused-ring (bicyclic) bond motifs is 1. The first-order chi connectivity index (χ1) is 20.7. The van der Waals surface area contributed by atoms with Crippen molar-refractivity contribution in [2.45, 2.75) is 25.8 Å². The first kappa shape index (κ1) is 27.4. The van der Waals surface area contributed by atoms with Crippen LogP contribution in [0.5, 0.6) is 5.88 Å². The number of nitrogens with one attached hydrogen (secondary N) is 3. The lowest BCUT2D eigenvalue weighted by atomic mass is 9.99. The number of carbonyl (C=O) groups excluding carboxylic acids is 3. The summed E-state index contributed by atoms with van der Waals surface area (Å²) in [5.74, 6) is -0.578. The highest BCUT2D eigenvalue weighted by molar-refractivity contribution is 6.22. The Kier molecular flexibility index (Phi) is 7.16. The van der Waals surface area contributed by atoms with Crippen molar-refractivity contribution in [3.63, 3.8) is 0 Å². The van der Waals surface area contributed by atoms with Crippen molar-refractivity contribution >= 4 is 51.9 Å². The molecule has 0 saturated carbocycles. The highest BCUT2D eigenvalue weighted by Gasteiger charge is 2.24. The molecule has 0 bridgehead atoms. The van der Waals surface area contributed by atoms with Gasteiger partial charge in [-0.25, -0.2) is 9.79 Å². The molecule has 4 amide bonds. The van der Waals surface area contributed by atoms with E-state index < -0.39 is 16.9 Å². The third kappa shape index (κ3) is 5.71. The van der Waals surface area contributed by atoms with E-state index in [4.69, 9.17) is 4.99 Å². The maximum absolute atomic E-state index is 12.3. The quantitative estimate of drug-likeness (QED) is 0.0818. The molecule has 2 saturated heterocycles. The summed E-state index contributed by atoms with van der Waals surface area (Å²) in [7, 11) is 0. The van der Waals surface area contributed by atoms with Crippen LogP contribution in [0.15, 0.2) is 77.4 Å². The number of benzene rings is 3. The third-order valence-electron chi connectivity index (χ3n) is 7.40. The number of aliphatic imine (C=N–C) groups is 1. The van der Waals surface area contributed by atoms with E-state index in [0.717, 1.165) is 24.9 Å². The summed E-state index contributed by atoms with van der Waals surface area (Å²) >= 11 is 0. The Labute approximate surface area is 244 Å². The minimum absolute atomic E-state index is 0.124. The van der Waals surface area contributed by atoms with Gasteiger partial charge in [-0.15, -0.1) is 0 Å². The van der Waals surface area contributed by atoms with Gasteiger partial charge in [0.1, 0.15) is 5.70 Å². The van der Waals surface area contributed by atoms with E-state index in [2.05, 4.69) is 15.6 Å². The fourth-order valence-corrected chi connectivity index (χ4v) is 5.22.